The summed E-state index contributed by atoms with van der Waals surface area (Å²) in [5, 5.41) is 1.24. The quantitative estimate of drug-likeness (QED) is 0.551. The molecule has 3 heterocycles. The van der Waals surface area contributed by atoms with Gasteiger partial charge in [0.15, 0.2) is 0 Å². The average molecular weight is 258 g/mol. The van der Waals surface area contributed by atoms with Crippen LogP contribution < -0.4 is 11.6 Å². The van der Waals surface area contributed by atoms with Crippen LogP contribution in [0.5, 0.6) is 0 Å². The molecular weight excluding hydrogens is 244 g/mol. The van der Waals surface area contributed by atoms with Crippen LogP contribution in [-0.4, -0.2) is 32.0 Å². The molecule has 2 aromatic heterocycles. The number of hydrogen-bond acceptors (Lipinski definition) is 5. The molecule has 0 aliphatic carbocycles. The van der Waals surface area contributed by atoms with Gasteiger partial charge >= 0.3 is 0 Å². The van der Waals surface area contributed by atoms with E-state index in [1.807, 2.05) is 11.6 Å². The fraction of sp³-hybridized carbons (Fsp3) is 0.250. The third-order valence-electron chi connectivity index (χ3n) is 3.38. The molecule has 19 heavy (non-hydrogen) atoms. The number of aromatic nitrogens is 3. The lowest BCUT2D eigenvalue weighted by atomic mass is 10.1. The maximum Gasteiger partial charge on any atom is 0.269 e. The van der Waals surface area contributed by atoms with Crippen LogP contribution in [0, 0.1) is 0 Å². The predicted octanol–water partition coefficient (Wildman–Crippen LogP) is -0.0637. The summed E-state index contributed by atoms with van der Waals surface area (Å²) in [4.78, 5) is 20.1. The third kappa shape index (κ3) is 1.75. The molecule has 0 unspecified atom stereocenters. The topological polar surface area (TPSA) is 103 Å². The number of nitrogens with two attached hydrogens (primary N) is 2. The van der Waals surface area contributed by atoms with E-state index in [-0.39, 0.29) is 11.9 Å². The van der Waals surface area contributed by atoms with E-state index in [4.69, 9.17) is 11.6 Å². The number of carbonyl (C=O) groups excluding carboxylic acids is 1. The van der Waals surface area contributed by atoms with Crippen LogP contribution in [0.3, 0.4) is 0 Å². The minimum Gasteiger partial charge on any atom is -0.368 e. The standard InChI is InChI=1S/C12H14N6O/c1-17-9-3-5-18(14)11(19)7(9)6-10(17)8-2-4-15-12(13)16-8/h2,4,6H,3,5,14H2,1H3,(H2,13,15,16). The van der Waals surface area contributed by atoms with Crippen LogP contribution in [0.2, 0.25) is 0 Å². The van der Waals surface area contributed by atoms with Gasteiger partial charge in [-0.1, -0.05) is 0 Å². The molecule has 0 aromatic carbocycles. The van der Waals surface area contributed by atoms with Gasteiger partial charge in [0, 0.05) is 31.9 Å². The SMILES string of the molecule is Cn1c(-c2ccnc(N)n2)cc2c1CCN(N)C2=O. The van der Waals surface area contributed by atoms with Crippen LogP contribution in [0.1, 0.15) is 16.1 Å². The highest BCUT2D eigenvalue weighted by molar-refractivity contribution is 5.97. The van der Waals surface area contributed by atoms with Crippen molar-refractivity contribution in [2.75, 3.05) is 12.3 Å². The fourth-order valence-corrected chi connectivity index (χ4v) is 2.38. The molecular formula is C12H14N6O. The molecule has 0 fully saturated rings. The van der Waals surface area contributed by atoms with Crippen molar-refractivity contribution < 1.29 is 4.79 Å². The highest BCUT2D eigenvalue weighted by atomic mass is 16.2. The van der Waals surface area contributed by atoms with E-state index < -0.39 is 0 Å². The van der Waals surface area contributed by atoms with E-state index in [1.54, 1.807) is 18.3 Å². The minimum absolute atomic E-state index is 0.162. The summed E-state index contributed by atoms with van der Waals surface area (Å²) >= 11 is 0. The van der Waals surface area contributed by atoms with Crippen LogP contribution in [0.4, 0.5) is 5.95 Å². The van der Waals surface area contributed by atoms with Crippen molar-refractivity contribution in [2.45, 2.75) is 6.42 Å². The van der Waals surface area contributed by atoms with Gasteiger partial charge in [-0.25, -0.2) is 15.8 Å². The van der Waals surface area contributed by atoms with Crippen molar-refractivity contribution in [3.05, 3.63) is 29.6 Å². The molecule has 7 heteroatoms. The highest BCUT2D eigenvalue weighted by Gasteiger charge is 2.27. The molecule has 0 saturated carbocycles. The van der Waals surface area contributed by atoms with Crippen molar-refractivity contribution >= 4 is 11.9 Å². The van der Waals surface area contributed by atoms with Crippen molar-refractivity contribution in [2.24, 2.45) is 12.9 Å². The van der Waals surface area contributed by atoms with Gasteiger partial charge in [-0.05, 0) is 12.1 Å². The molecule has 0 saturated heterocycles. The third-order valence-corrected chi connectivity index (χ3v) is 3.38. The van der Waals surface area contributed by atoms with Gasteiger partial charge in [0.25, 0.3) is 5.91 Å². The number of carbonyl (C=O) groups is 1. The Morgan fingerprint density at radius 2 is 2.21 bits per heavy atom. The molecule has 4 N–H and O–H groups in total. The molecule has 0 bridgehead atoms. The zero-order valence-corrected chi connectivity index (χ0v) is 10.5. The smallest absolute Gasteiger partial charge is 0.269 e. The van der Waals surface area contributed by atoms with Gasteiger partial charge in [-0.2, -0.15) is 0 Å². The van der Waals surface area contributed by atoms with Crippen molar-refractivity contribution in [1.82, 2.24) is 19.5 Å². The van der Waals surface area contributed by atoms with Gasteiger partial charge in [0.05, 0.1) is 17.0 Å². The van der Waals surface area contributed by atoms with Crippen LogP contribution >= 0.6 is 0 Å². The molecule has 2 aromatic rings. The number of hydrazine groups is 1. The van der Waals surface area contributed by atoms with Crippen molar-refractivity contribution in [3.8, 4) is 11.4 Å². The van der Waals surface area contributed by atoms with Crippen molar-refractivity contribution in [1.29, 1.82) is 0 Å². The summed E-state index contributed by atoms with van der Waals surface area (Å²) < 4.78 is 1.96. The van der Waals surface area contributed by atoms with Gasteiger partial charge in [-0.3, -0.25) is 9.80 Å². The summed E-state index contributed by atoms with van der Waals surface area (Å²) in [6, 6.07) is 3.57. The maximum absolute atomic E-state index is 12.0. The van der Waals surface area contributed by atoms with E-state index in [0.717, 1.165) is 17.8 Å². The number of nitrogens with zero attached hydrogens (tertiary/aromatic N) is 4. The molecule has 0 atom stereocenters. The van der Waals surface area contributed by atoms with E-state index in [0.29, 0.717) is 17.8 Å². The first-order chi connectivity index (χ1) is 9.08. The molecule has 0 radical (unpaired) electrons. The molecule has 1 amide bonds. The first-order valence-electron chi connectivity index (χ1n) is 5.92. The van der Waals surface area contributed by atoms with Gasteiger partial charge in [0.2, 0.25) is 5.95 Å². The zero-order valence-electron chi connectivity index (χ0n) is 10.5. The first kappa shape index (κ1) is 11.7. The average Bonchev–Trinajstić information content (AvgIpc) is 2.72. The second-order valence-electron chi connectivity index (χ2n) is 4.50. The Bertz CT molecular complexity index is 662. The number of amides is 1. The Labute approximate surface area is 109 Å². The zero-order chi connectivity index (χ0) is 13.6. The Balaban J connectivity index is 2.15. The molecule has 1 aliphatic heterocycles. The molecule has 3 rings (SSSR count). The monoisotopic (exact) mass is 258 g/mol. The van der Waals surface area contributed by atoms with Crippen molar-refractivity contribution in [3.63, 3.8) is 0 Å². The number of rotatable bonds is 1. The first-order valence-corrected chi connectivity index (χ1v) is 5.92. The summed E-state index contributed by atoms with van der Waals surface area (Å²) in [7, 11) is 1.91. The lowest BCUT2D eigenvalue weighted by Gasteiger charge is -2.22. The Morgan fingerprint density at radius 1 is 1.42 bits per heavy atom. The van der Waals surface area contributed by atoms with E-state index in [9.17, 15) is 4.79 Å². The van der Waals surface area contributed by atoms with Crippen LogP contribution in [0.25, 0.3) is 11.4 Å². The maximum atomic E-state index is 12.0. The second kappa shape index (κ2) is 4.06. The molecule has 1 aliphatic rings. The fourth-order valence-electron chi connectivity index (χ4n) is 2.38. The van der Waals surface area contributed by atoms with Gasteiger partial charge < -0.3 is 10.3 Å². The Hall–Kier alpha value is -2.41. The Kier molecular flexibility index (Phi) is 2.49. The number of hydrogen-bond donors (Lipinski definition) is 2. The minimum atomic E-state index is -0.162. The number of nitrogen functional groups attached to an aromatic ring is 1. The highest BCUT2D eigenvalue weighted by Crippen LogP contribution is 2.27. The van der Waals surface area contributed by atoms with E-state index in [1.165, 1.54) is 5.01 Å². The lowest BCUT2D eigenvalue weighted by Crippen LogP contribution is -2.42. The normalized spacial score (nSPS) is 14.6. The van der Waals surface area contributed by atoms with Crippen LogP contribution in [0.15, 0.2) is 18.3 Å². The number of fused-ring (bicyclic) bond motifs is 1. The molecule has 98 valence electrons. The van der Waals surface area contributed by atoms with Gasteiger partial charge in [0.1, 0.15) is 0 Å². The summed E-state index contributed by atoms with van der Waals surface area (Å²) in [6.45, 7) is 0.523. The van der Waals surface area contributed by atoms with Crippen LogP contribution in [-0.2, 0) is 13.5 Å². The number of anilines is 1. The predicted molar refractivity (Wildman–Crippen MR) is 69.8 cm³/mol. The molecule has 7 nitrogen and oxygen atoms in total. The summed E-state index contributed by atoms with van der Waals surface area (Å²) in [6.07, 6.45) is 2.33. The second-order valence-corrected chi connectivity index (χ2v) is 4.50. The largest absolute Gasteiger partial charge is 0.368 e. The molecule has 0 spiro atoms. The summed E-state index contributed by atoms with van der Waals surface area (Å²) in [5.41, 5.74) is 8.72. The lowest BCUT2D eigenvalue weighted by molar-refractivity contribution is 0.0738. The van der Waals surface area contributed by atoms with Gasteiger partial charge in [-0.15, -0.1) is 0 Å². The Morgan fingerprint density at radius 3 is 2.95 bits per heavy atom. The van der Waals surface area contributed by atoms with E-state index >= 15 is 0 Å². The summed E-state index contributed by atoms with van der Waals surface area (Å²) in [5.74, 6) is 5.69. The van der Waals surface area contributed by atoms with E-state index in [2.05, 4.69) is 9.97 Å².